The van der Waals surface area contributed by atoms with E-state index < -0.39 is 10.9 Å². The lowest BCUT2D eigenvalue weighted by Crippen LogP contribution is -2.07. The first-order valence-corrected chi connectivity index (χ1v) is 8.23. The number of benzene rings is 2. The Bertz CT molecular complexity index is 941. The highest BCUT2D eigenvalue weighted by Crippen LogP contribution is 2.26. The molecule has 0 aromatic heterocycles. The van der Waals surface area contributed by atoms with Crippen LogP contribution in [0.3, 0.4) is 0 Å². The average Bonchev–Trinajstić information content (AvgIpc) is 2.96. The van der Waals surface area contributed by atoms with Gasteiger partial charge in [-0.1, -0.05) is 55.4 Å². The number of carbonyl (C=O) groups is 1. The lowest BCUT2D eigenvalue weighted by atomic mass is 9.97. The van der Waals surface area contributed by atoms with Crippen LogP contribution >= 0.6 is 0 Å². The molecule has 0 unspecified atom stereocenters. The summed E-state index contributed by atoms with van der Waals surface area (Å²) >= 11 is 0. The first-order valence-electron chi connectivity index (χ1n) is 8.23. The van der Waals surface area contributed by atoms with Crippen LogP contribution in [-0.2, 0) is 9.63 Å². The van der Waals surface area contributed by atoms with E-state index in [0.29, 0.717) is 22.8 Å². The molecule has 1 aliphatic rings. The number of nitro groups is 1. The van der Waals surface area contributed by atoms with Crippen molar-refractivity contribution in [1.82, 2.24) is 0 Å². The van der Waals surface area contributed by atoms with E-state index in [1.807, 2.05) is 24.3 Å². The highest BCUT2D eigenvalue weighted by atomic mass is 16.7. The van der Waals surface area contributed by atoms with Gasteiger partial charge < -0.3 is 4.84 Å². The molecule has 1 aliphatic heterocycles. The molecule has 0 saturated carbocycles. The normalized spacial score (nSPS) is 15.3. The van der Waals surface area contributed by atoms with Crippen LogP contribution in [0.2, 0.25) is 0 Å². The Hall–Kier alpha value is -3.28. The van der Waals surface area contributed by atoms with Crippen LogP contribution in [0.4, 0.5) is 5.69 Å². The monoisotopic (exact) mass is 350 g/mol. The molecule has 1 heterocycles. The van der Waals surface area contributed by atoms with E-state index >= 15 is 0 Å². The lowest BCUT2D eigenvalue weighted by molar-refractivity contribution is -0.385. The molecule has 6 nitrogen and oxygen atoms in total. The lowest BCUT2D eigenvalue weighted by Gasteiger charge is -2.06. The van der Waals surface area contributed by atoms with Crippen LogP contribution in [0.15, 0.2) is 53.2 Å². The SMILES string of the molecule is Cc1ccc(C2=NOC(=O)C2=Cc2ccc(C(C)C)cc2)cc1[N+](=O)[O-]. The first kappa shape index (κ1) is 17.5. The maximum absolute atomic E-state index is 12.1. The Labute approximate surface area is 150 Å². The van der Waals surface area contributed by atoms with Gasteiger partial charge in [0.2, 0.25) is 0 Å². The van der Waals surface area contributed by atoms with E-state index in [9.17, 15) is 14.9 Å². The second-order valence-corrected chi connectivity index (χ2v) is 6.46. The van der Waals surface area contributed by atoms with Crippen molar-refractivity contribution in [2.24, 2.45) is 5.16 Å². The van der Waals surface area contributed by atoms with Crippen LogP contribution in [0.5, 0.6) is 0 Å². The fraction of sp³-hybridized carbons (Fsp3) is 0.200. The summed E-state index contributed by atoms with van der Waals surface area (Å²) in [6.45, 7) is 5.88. The van der Waals surface area contributed by atoms with Gasteiger partial charge in [-0.2, -0.15) is 0 Å². The third-order valence-electron chi connectivity index (χ3n) is 4.29. The third kappa shape index (κ3) is 3.39. The number of nitrogens with zero attached hydrogens (tertiary/aromatic N) is 2. The van der Waals surface area contributed by atoms with Crippen molar-refractivity contribution in [2.45, 2.75) is 26.7 Å². The van der Waals surface area contributed by atoms with Gasteiger partial charge in [-0.15, -0.1) is 0 Å². The average molecular weight is 350 g/mol. The van der Waals surface area contributed by atoms with Crippen LogP contribution < -0.4 is 0 Å². The van der Waals surface area contributed by atoms with Gasteiger partial charge in [0.05, 0.1) is 10.5 Å². The van der Waals surface area contributed by atoms with Gasteiger partial charge in [0.15, 0.2) is 0 Å². The summed E-state index contributed by atoms with van der Waals surface area (Å²) in [6.07, 6.45) is 1.68. The Morgan fingerprint density at radius 2 is 1.85 bits per heavy atom. The topological polar surface area (TPSA) is 81.8 Å². The van der Waals surface area contributed by atoms with Crippen LogP contribution in [0.25, 0.3) is 6.08 Å². The van der Waals surface area contributed by atoms with E-state index in [0.717, 1.165) is 5.56 Å². The number of nitro benzene ring substituents is 1. The third-order valence-corrected chi connectivity index (χ3v) is 4.29. The van der Waals surface area contributed by atoms with Crippen molar-refractivity contribution >= 4 is 23.4 Å². The van der Waals surface area contributed by atoms with E-state index in [1.165, 1.54) is 11.6 Å². The molecule has 6 heteroatoms. The number of aryl methyl sites for hydroxylation is 1. The summed E-state index contributed by atoms with van der Waals surface area (Å²) in [4.78, 5) is 27.6. The van der Waals surface area contributed by atoms with Crippen molar-refractivity contribution in [3.05, 3.63) is 80.4 Å². The van der Waals surface area contributed by atoms with E-state index in [2.05, 4.69) is 19.0 Å². The molecular weight excluding hydrogens is 332 g/mol. The minimum Gasteiger partial charge on any atom is -0.312 e. The van der Waals surface area contributed by atoms with Crippen molar-refractivity contribution in [2.75, 3.05) is 0 Å². The molecule has 0 atom stereocenters. The second-order valence-electron chi connectivity index (χ2n) is 6.46. The molecule has 0 N–H and O–H groups in total. The molecule has 2 aromatic rings. The van der Waals surface area contributed by atoms with E-state index in [1.54, 1.807) is 25.1 Å². The summed E-state index contributed by atoms with van der Waals surface area (Å²) in [7, 11) is 0. The molecule has 0 fully saturated rings. The Kier molecular flexibility index (Phi) is 4.67. The number of carbonyl (C=O) groups excluding carboxylic acids is 1. The van der Waals surface area contributed by atoms with Gasteiger partial charge in [0, 0.05) is 17.2 Å². The van der Waals surface area contributed by atoms with Crippen molar-refractivity contribution in [3.8, 4) is 0 Å². The summed E-state index contributed by atoms with van der Waals surface area (Å²) in [5.74, 6) is -0.158. The van der Waals surface area contributed by atoms with Gasteiger partial charge in [-0.3, -0.25) is 10.1 Å². The first-order chi connectivity index (χ1) is 12.4. The number of hydrogen-bond acceptors (Lipinski definition) is 5. The van der Waals surface area contributed by atoms with Gasteiger partial charge in [0.1, 0.15) is 5.71 Å². The molecule has 26 heavy (non-hydrogen) atoms. The summed E-state index contributed by atoms with van der Waals surface area (Å²) in [5, 5.41) is 15.0. The van der Waals surface area contributed by atoms with Crippen molar-refractivity contribution in [1.29, 1.82) is 0 Å². The van der Waals surface area contributed by atoms with Crippen LogP contribution in [0.1, 0.15) is 42.0 Å². The molecular formula is C20H18N2O4. The summed E-state index contributed by atoms with van der Waals surface area (Å²) in [6, 6.07) is 12.6. The molecule has 0 amide bonds. The molecule has 2 aromatic carbocycles. The van der Waals surface area contributed by atoms with E-state index in [4.69, 9.17) is 4.84 Å². The van der Waals surface area contributed by atoms with Crippen molar-refractivity contribution < 1.29 is 14.6 Å². The number of hydrogen-bond donors (Lipinski definition) is 0. The minimum absolute atomic E-state index is 0.0230. The van der Waals surface area contributed by atoms with Crippen molar-refractivity contribution in [3.63, 3.8) is 0 Å². The molecule has 0 spiro atoms. The standard InChI is InChI=1S/C20H18N2O4/c1-12(2)15-8-5-14(6-9-15)10-17-19(21-26-20(17)23)16-7-4-13(3)18(11-16)22(24)25/h4-12H,1-3H3. The maximum Gasteiger partial charge on any atom is 0.368 e. The number of rotatable bonds is 4. The van der Waals surface area contributed by atoms with Gasteiger partial charge >= 0.3 is 5.97 Å². The molecule has 3 rings (SSSR count). The predicted octanol–water partition coefficient (Wildman–Crippen LogP) is 4.37. The predicted molar refractivity (Wildman–Crippen MR) is 99.0 cm³/mol. The highest BCUT2D eigenvalue weighted by Gasteiger charge is 2.28. The zero-order valence-electron chi connectivity index (χ0n) is 14.7. The molecule has 0 bridgehead atoms. The largest absolute Gasteiger partial charge is 0.368 e. The molecule has 0 aliphatic carbocycles. The highest BCUT2D eigenvalue weighted by molar-refractivity contribution is 6.31. The smallest absolute Gasteiger partial charge is 0.312 e. The van der Waals surface area contributed by atoms with Gasteiger partial charge in [-0.05, 0) is 30.0 Å². The van der Waals surface area contributed by atoms with Gasteiger partial charge in [0.25, 0.3) is 5.69 Å². The van der Waals surface area contributed by atoms with E-state index in [-0.39, 0.29) is 11.3 Å². The fourth-order valence-corrected chi connectivity index (χ4v) is 2.71. The van der Waals surface area contributed by atoms with Crippen LogP contribution in [-0.4, -0.2) is 16.6 Å². The summed E-state index contributed by atoms with van der Waals surface area (Å²) < 4.78 is 0. The summed E-state index contributed by atoms with van der Waals surface area (Å²) in [5.41, 5.74) is 3.59. The quantitative estimate of drug-likeness (QED) is 0.355. The fourth-order valence-electron chi connectivity index (χ4n) is 2.71. The van der Waals surface area contributed by atoms with Gasteiger partial charge in [-0.25, -0.2) is 4.79 Å². The Balaban J connectivity index is 1.99. The zero-order chi connectivity index (χ0) is 18.8. The molecule has 0 saturated heterocycles. The Morgan fingerprint density at radius 3 is 2.46 bits per heavy atom. The second kappa shape index (κ2) is 6.92. The maximum atomic E-state index is 12.1. The Morgan fingerprint density at radius 1 is 1.15 bits per heavy atom. The number of oxime groups is 1. The minimum atomic E-state index is -0.573. The zero-order valence-corrected chi connectivity index (χ0v) is 14.7. The van der Waals surface area contributed by atoms with Crippen LogP contribution in [0, 0.1) is 17.0 Å². The molecule has 0 radical (unpaired) electrons. The molecule has 132 valence electrons.